The van der Waals surface area contributed by atoms with Crippen molar-refractivity contribution in [3.63, 3.8) is 0 Å². The number of benzene rings is 2. The summed E-state index contributed by atoms with van der Waals surface area (Å²) in [6.07, 6.45) is 3.95. The van der Waals surface area contributed by atoms with Crippen molar-refractivity contribution in [1.29, 1.82) is 0 Å². The van der Waals surface area contributed by atoms with Crippen molar-refractivity contribution in [3.8, 4) is 0 Å². The van der Waals surface area contributed by atoms with E-state index in [0.29, 0.717) is 0 Å². The smallest absolute Gasteiger partial charge is 0.0751 e. The number of fused-ring (bicyclic) bond motifs is 1. The molecule has 1 N–H and O–H groups in total. The van der Waals surface area contributed by atoms with E-state index in [0.717, 1.165) is 12.1 Å². The molecule has 0 amide bonds. The number of hydrogen-bond acceptors (Lipinski definition) is 3. The van der Waals surface area contributed by atoms with Crippen LogP contribution in [0, 0.1) is 0 Å². The molecule has 0 aliphatic rings. The first kappa shape index (κ1) is 13.0. The molecule has 0 saturated heterocycles. The van der Waals surface area contributed by atoms with Crippen molar-refractivity contribution in [2.24, 2.45) is 0 Å². The van der Waals surface area contributed by atoms with Crippen LogP contribution in [-0.2, 0) is 6.54 Å². The van der Waals surface area contributed by atoms with E-state index in [-0.39, 0.29) is 0 Å². The Bertz CT molecular complexity index is 720. The van der Waals surface area contributed by atoms with Gasteiger partial charge >= 0.3 is 0 Å². The summed E-state index contributed by atoms with van der Waals surface area (Å²) < 4.78 is 0. The fourth-order valence-corrected chi connectivity index (χ4v) is 2.87. The van der Waals surface area contributed by atoms with Crippen molar-refractivity contribution < 1.29 is 0 Å². The normalized spacial score (nSPS) is 10.7. The summed E-state index contributed by atoms with van der Waals surface area (Å²) in [4.78, 5) is 5.76. The van der Waals surface area contributed by atoms with Crippen LogP contribution in [0.1, 0.15) is 5.56 Å². The zero-order chi connectivity index (χ0) is 13.8. The predicted molar refractivity (Wildman–Crippen MR) is 87.3 cm³/mol. The predicted octanol–water partition coefficient (Wildman–Crippen LogP) is 4.57. The Morgan fingerprint density at radius 1 is 1.00 bits per heavy atom. The van der Waals surface area contributed by atoms with Gasteiger partial charge in [0.1, 0.15) is 0 Å². The van der Waals surface area contributed by atoms with Gasteiger partial charge in [-0.25, -0.2) is 0 Å². The molecular formula is C17H16N2S. The summed E-state index contributed by atoms with van der Waals surface area (Å²) in [5, 5.41) is 4.70. The molecule has 1 heterocycles. The molecule has 2 nitrogen and oxygen atoms in total. The minimum absolute atomic E-state index is 0.784. The Hall–Kier alpha value is -2.00. The van der Waals surface area contributed by atoms with E-state index in [4.69, 9.17) is 0 Å². The first-order valence-corrected chi connectivity index (χ1v) is 7.80. The summed E-state index contributed by atoms with van der Waals surface area (Å²) in [5.41, 5.74) is 3.47. The number of para-hydroxylation sites is 2. The fourth-order valence-electron chi connectivity index (χ4n) is 2.29. The van der Waals surface area contributed by atoms with Crippen molar-refractivity contribution in [3.05, 3.63) is 66.4 Å². The second-order valence-corrected chi connectivity index (χ2v) is 5.39. The first-order valence-electron chi connectivity index (χ1n) is 6.58. The Morgan fingerprint density at radius 2 is 1.85 bits per heavy atom. The van der Waals surface area contributed by atoms with E-state index in [2.05, 4.69) is 65.1 Å². The Labute approximate surface area is 123 Å². The van der Waals surface area contributed by atoms with Crippen molar-refractivity contribution >= 4 is 28.4 Å². The molecule has 0 saturated carbocycles. The second kappa shape index (κ2) is 5.97. The summed E-state index contributed by atoms with van der Waals surface area (Å²) >= 11 is 1.76. The van der Waals surface area contributed by atoms with Crippen molar-refractivity contribution in [1.82, 2.24) is 4.98 Å². The van der Waals surface area contributed by atoms with Gasteiger partial charge in [0.05, 0.1) is 5.52 Å². The van der Waals surface area contributed by atoms with Gasteiger partial charge in [-0.3, -0.25) is 4.98 Å². The lowest BCUT2D eigenvalue weighted by Crippen LogP contribution is -2.01. The number of aromatic nitrogens is 1. The van der Waals surface area contributed by atoms with Gasteiger partial charge in [-0.15, -0.1) is 11.8 Å². The van der Waals surface area contributed by atoms with Crippen LogP contribution in [0.5, 0.6) is 0 Å². The third-order valence-electron chi connectivity index (χ3n) is 3.29. The highest BCUT2D eigenvalue weighted by Gasteiger charge is 2.03. The van der Waals surface area contributed by atoms with E-state index in [9.17, 15) is 0 Å². The van der Waals surface area contributed by atoms with Crippen LogP contribution in [0.15, 0.2) is 65.7 Å². The van der Waals surface area contributed by atoms with Crippen molar-refractivity contribution in [2.75, 3.05) is 11.6 Å². The van der Waals surface area contributed by atoms with Gasteiger partial charge < -0.3 is 5.32 Å². The summed E-state index contributed by atoms with van der Waals surface area (Å²) in [6, 6.07) is 18.8. The Kier molecular flexibility index (Phi) is 3.88. The third-order valence-corrected chi connectivity index (χ3v) is 4.09. The molecule has 100 valence electrons. The number of hydrogen-bond donors (Lipinski definition) is 1. The van der Waals surface area contributed by atoms with Gasteiger partial charge in [-0.2, -0.15) is 0 Å². The molecule has 1 aromatic heterocycles. The average Bonchev–Trinajstić information content (AvgIpc) is 2.53. The van der Waals surface area contributed by atoms with Gasteiger partial charge in [0.25, 0.3) is 0 Å². The summed E-state index contributed by atoms with van der Waals surface area (Å²) in [5.74, 6) is 0. The highest BCUT2D eigenvalue weighted by Crippen LogP contribution is 2.25. The number of pyridine rings is 1. The van der Waals surface area contributed by atoms with Crippen LogP contribution in [0.25, 0.3) is 10.9 Å². The number of nitrogens with one attached hydrogen (secondary N) is 1. The van der Waals surface area contributed by atoms with E-state index < -0.39 is 0 Å². The van der Waals surface area contributed by atoms with E-state index >= 15 is 0 Å². The quantitative estimate of drug-likeness (QED) is 0.709. The zero-order valence-corrected chi connectivity index (χ0v) is 12.2. The number of thioether (sulfide) groups is 1. The average molecular weight is 280 g/mol. The van der Waals surface area contributed by atoms with Gasteiger partial charge in [0, 0.05) is 28.7 Å². The molecule has 20 heavy (non-hydrogen) atoms. The molecule has 0 atom stereocenters. The molecule has 0 unspecified atom stereocenters. The van der Waals surface area contributed by atoms with E-state index in [1.807, 2.05) is 12.3 Å². The molecule has 3 rings (SSSR count). The molecule has 3 aromatic rings. The molecule has 0 spiro atoms. The SMILES string of the molecule is CSc1ccccc1NCc1cccc2cccnc12. The largest absolute Gasteiger partial charge is 0.380 e. The highest BCUT2D eigenvalue weighted by molar-refractivity contribution is 7.98. The molecule has 0 fully saturated rings. The topological polar surface area (TPSA) is 24.9 Å². The lowest BCUT2D eigenvalue weighted by Gasteiger charge is -2.11. The minimum Gasteiger partial charge on any atom is -0.380 e. The minimum atomic E-state index is 0.784. The van der Waals surface area contributed by atoms with E-state index in [1.54, 1.807) is 11.8 Å². The Morgan fingerprint density at radius 3 is 2.75 bits per heavy atom. The van der Waals surface area contributed by atoms with Crippen LogP contribution < -0.4 is 5.32 Å². The van der Waals surface area contributed by atoms with Gasteiger partial charge in [0.2, 0.25) is 0 Å². The molecule has 0 bridgehead atoms. The van der Waals surface area contributed by atoms with Crippen LogP contribution in [-0.4, -0.2) is 11.2 Å². The van der Waals surface area contributed by atoms with Crippen LogP contribution in [0.2, 0.25) is 0 Å². The number of rotatable bonds is 4. The van der Waals surface area contributed by atoms with Crippen LogP contribution in [0.4, 0.5) is 5.69 Å². The highest BCUT2D eigenvalue weighted by atomic mass is 32.2. The van der Waals surface area contributed by atoms with Crippen LogP contribution >= 0.6 is 11.8 Å². The lowest BCUT2D eigenvalue weighted by atomic mass is 10.1. The molecular weight excluding hydrogens is 264 g/mol. The maximum Gasteiger partial charge on any atom is 0.0751 e. The lowest BCUT2D eigenvalue weighted by molar-refractivity contribution is 1.14. The fraction of sp³-hybridized carbons (Fsp3) is 0.118. The standard InChI is InChI=1S/C17H16N2S/c1-20-16-10-3-2-9-15(16)19-12-14-7-4-6-13-8-5-11-18-17(13)14/h2-11,19H,12H2,1H3. The zero-order valence-electron chi connectivity index (χ0n) is 11.3. The third kappa shape index (κ3) is 2.63. The first-order chi connectivity index (χ1) is 9.88. The number of anilines is 1. The van der Waals surface area contributed by atoms with Gasteiger partial charge in [-0.05, 0) is 30.0 Å². The second-order valence-electron chi connectivity index (χ2n) is 4.55. The van der Waals surface area contributed by atoms with Gasteiger partial charge in [-0.1, -0.05) is 36.4 Å². The number of nitrogens with zero attached hydrogens (tertiary/aromatic N) is 1. The maximum absolute atomic E-state index is 4.49. The Balaban J connectivity index is 1.87. The van der Waals surface area contributed by atoms with Gasteiger partial charge in [0.15, 0.2) is 0 Å². The van der Waals surface area contributed by atoms with E-state index in [1.165, 1.54) is 21.5 Å². The molecule has 3 heteroatoms. The molecule has 0 aliphatic carbocycles. The molecule has 0 radical (unpaired) electrons. The monoisotopic (exact) mass is 280 g/mol. The summed E-state index contributed by atoms with van der Waals surface area (Å²) in [7, 11) is 0. The molecule has 2 aromatic carbocycles. The molecule has 0 aliphatic heterocycles. The van der Waals surface area contributed by atoms with Crippen LogP contribution in [0.3, 0.4) is 0 Å². The summed E-state index contributed by atoms with van der Waals surface area (Å²) in [6.45, 7) is 0.784. The van der Waals surface area contributed by atoms with Crippen molar-refractivity contribution in [2.45, 2.75) is 11.4 Å². The maximum atomic E-state index is 4.49.